The minimum Gasteiger partial charge on any atom is -0.354 e. The number of benzene rings is 2. The van der Waals surface area contributed by atoms with Crippen molar-refractivity contribution in [2.45, 2.75) is 43.9 Å². The van der Waals surface area contributed by atoms with Crippen LogP contribution in [0.4, 0.5) is 5.69 Å². The monoisotopic (exact) mass is 490 g/mol. The van der Waals surface area contributed by atoms with Crippen molar-refractivity contribution in [2.24, 2.45) is 0 Å². The van der Waals surface area contributed by atoms with E-state index < -0.39 is 10.0 Å². The van der Waals surface area contributed by atoms with Gasteiger partial charge >= 0.3 is 0 Å². The molecule has 1 amide bonds. The van der Waals surface area contributed by atoms with E-state index in [1.807, 2.05) is 6.92 Å². The van der Waals surface area contributed by atoms with Gasteiger partial charge in [0.1, 0.15) is 6.54 Å². The fourth-order valence-electron chi connectivity index (χ4n) is 3.44. The van der Waals surface area contributed by atoms with Gasteiger partial charge in [0.05, 0.1) is 10.6 Å². The van der Waals surface area contributed by atoms with Crippen LogP contribution in [-0.2, 0) is 14.8 Å². The molecule has 0 unspecified atom stereocenters. The molecule has 0 heterocycles. The van der Waals surface area contributed by atoms with E-state index in [1.165, 1.54) is 22.7 Å². The maximum Gasteiger partial charge on any atom is 0.264 e. The minimum absolute atomic E-state index is 0.163. The van der Waals surface area contributed by atoms with Gasteiger partial charge in [-0.2, -0.15) is 0 Å². The molecule has 3 rings (SSSR count). The lowest BCUT2D eigenvalue weighted by Gasteiger charge is -2.24. The van der Waals surface area contributed by atoms with Gasteiger partial charge in [0.2, 0.25) is 5.91 Å². The third-order valence-electron chi connectivity index (χ3n) is 5.16. The molecule has 1 aliphatic carbocycles. The zero-order valence-corrected chi connectivity index (χ0v) is 19.5. The normalized spacial score (nSPS) is 14.1. The van der Waals surface area contributed by atoms with E-state index in [4.69, 9.17) is 0 Å². The number of aryl methyl sites for hydroxylation is 1. The van der Waals surface area contributed by atoms with Crippen LogP contribution in [-0.4, -0.2) is 27.4 Å². The molecular weight excluding hydrogens is 464 g/mol. The molecule has 0 radical (unpaired) electrons. The lowest BCUT2D eigenvalue weighted by Crippen LogP contribution is -2.41. The van der Waals surface area contributed by atoms with Crippen LogP contribution in [0.25, 0.3) is 0 Å². The van der Waals surface area contributed by atoms with Gasteiger partial charge in [-0.15, -0.1) is 0 Å². The van der Waals surface area contributed by atoms with Gasteiger partial charge < -0.3 is 5.32 Å². The van der Waals surface area contributed by atoms with Crippen LogP contribution in [0, 0.1) is 6.92 Å². The third kappa shape index (κ3) is 5.95. The SMILES string of the molecule is Cc1ccc(S(=O)(=O)N(CC(=O)NCCC2=CCCCC2)c2ccc(Br)cc2)cc1. The van der Waals surface area contributed by atoms with E-state index in [1.54, 1.807) is 48.5 Å². The molecular formula is C23H27BrN2O3S. The molecule has 0 saturated heterocycles. The lowest BCUT2D eigenvalue weighted by atomic mass is 9.97. The summed E-state index contributed by atoms with van der Waals surface area (Å²) in [7, 11) is -3.88. The first-order valence-electron chi connectivity index (χ1n) is 10.2. The largest absolute Gasteiger partial charge is 0.354 e. The number of carbonyl (C=O) groups excluding carboxylic acids is 1. The van der Waals surface area contributed by atoms with E-state index in [-0.39, 0.29) is 17.3 Å². The average Bonchev–Trinajstić information content (AvgIpc) is 2.74. The average molecular weight is 491 g/mol. The Morgan fingerprint density at radius 3 is 2.40 bits per heavy atom. The van der Waals surface area contributed by atoms with E-state index in [9.17, 15) is 13.2 Å². The third-order valence-corrected chi connectivity index (χ3v) is 7.48. The molecule has 0 aliphatic heterocycles. The number of rotatable bonds is 8. The predicted molar refractivity (Wildman–Crippen MR) is 124 cm³/mol. The second-order valence-corrected chi connectivity index (χ2v) is 10.3. The smallest absolute Gasteiger partial charge is 0.264 e. The highest BCUT2D eigenvalue weighted by Gasteiger charge is 2.27. The molecule has 160 valence electrons. The fourth-order valence-corrected chi connectivity index (χ4v) is 5.13. The molecule has 0 aromatic heterocycles. The number of hydrogen-bond acceptors (Lipinski definition) is 3. The summed E-state index contributed by atoms with van der Waals surface area (Å²) in [6, 6.07) is 13.6. The molecule has 30 heavy (non-hydrogen) atoms. The van der Waals surface area contributed by atoms with Crippen LogP contribution in [0.15, 0.2) is 69.5 Å². The van der Waals surface area contributed by atoms with Crippen molar-refractivity contribution in [1.29, 1.82) is 0 Å². The number of halogens is 1. The molecule has 1 N–H and O–H groups in total. The molecule has 0 saturated carbocycles. The van der Waals surface area contributed by atoms with Crippen molar-refractivity contribution in [3.05, 3.63) is 70.2 Å². The number of nitrogens with one attached hydrogen (secondary N) is 1. The van der Waals surface area contributed by atoms with E-state index in [0.29, 0.717) is 12.2 Å². The van der Waals surface area contributed by atoms with Crippen molar-refractivity contribution >= 4 is 37.5 Å². The summed E-state index contributed by atoms with van der Waals surface area (Å²) in [5.74, 6) is -0.315. The first-order chi connectivity index (χ1) is 14.4. The second-order valence-electron chi connectivity index (χ2n) is 7.51. The van der Waals surface area contributed by atoms with Gasteiger partial charge in [0.15, 0.2) is 0 Å². The Balaban J connectivity index is 1.75. The van der Waals surface area contributed by atoms with Gasteiger partial charge in [-0.25, -0.2) is 8.42 Å². The minimum atomic E-state index is -3.88. The summed E-state index contributed by atoms with van der Waals surface area (Å²) in [5.41, 5.74) is 2.79. The van der Waals surface area contributed by atoms with Gasteiger partial charge in [-0.3, -0.25) is 9.10 Å². The van der Waals surface area contributed by atoms with Crippen LogP contribution in [0.2, 0.25) is 0 Å². The summed E-state index contributed by atoms with van der Waals surface area (Å²) in [5, 5.41) is 2.88. The van der Waals surface area contributed by atoms with E-state index in [0.717, 1.165) is 29.3 Å². The Hall–Kier alpha value is -2.12. The Labute approximate surface area is 187 Å². The molecule has 0 fully saturated rings. The van der Waals surface area contributed by atoms with Crippen molar-refractivity contribution in [1.82, 2.24) is 5.32 Å². The Bertz CT molecular complexity index is 1000. The van der Waals surface area contributed by atoms with Crippen LogP contribution in [0.3, 0.4) is 0 Å². The van der Waals surface area contributed by atoms with E-state index >= 15 is 0 Å². The summed E-state index contributed by atoms with van der Waals surface area (Å²) in [6.07, 6.45) is 7.69. The second kappa shape index (κ2) is 10.3. The highest BCUT2D eigenvalue weighted by molar-refractivity contribution is 9.10. The van der Waals surface area contributed by atoms with Gasteiger partial charge in [0, 0.05) is 11.0 Å². The topological polar surface area (TPSA) is 66.5 Å². The molecule has 7 heteroatoms. The molecule has 0 atom stereocenters. The quantitative estimate of drug-likeness (QED) is 0.531. The van der Waals surface area contributed by atoms with Gasteiger partial charge in [-0.05, 0) is 75.4 Å². The lowest BCUT2D eigenvalue weighted by molar-refractivity contribution is -0.119. The van der Waals surface area contributed by atoms with Crippen LogP contribution in [0.1, 0.15) is 37.7 Å². The van der Waals surface area contributed by atoms with Gasteiger partial charge in [-0.1, -0.05) is 45.3 Å². The number of anilines is 1. The fraction of sp³-hybridized carbons (Fsp3) is 0.348. The van der Waals surface area contributed by atoms with Crippen LogP contribution in [0.5, 0.6) is 0 Å². The van der Waals surface area contributed by atoms with Crippen molar-refractivity contribution in [3.63, 3.8) is 0 Å². The molecule has 0 spiro atoms. The highest BCUT2D eigenvalue weighted by Crippen LogP contribution is 2.25. The Morgan fingerprint density at radius 1 is 1.07 bits per heavy atom. The summed E-state index contributed by atoms with van der Waals surface area (Å²) in [4.78, 5) is 12.8. The number of allylic oxidation sites excluding steroid dienone is 1. The van der Waals surface area contributed by atoms with Crippen LogP contribution >= 0.6 is 15.9 Å². The molecule has 2 aromatic rings. The first-order valence-corrected chi connectivity index (χ1v) is 12.4. The summed E-state index contributed by atoms with van der Waals surface area (Å²) >= 11 is 3.37. The predicted octanol–water partition coefficient (Wildman–Crippen LogP) is 4.96. The summed E-state index contributed by atoms with van der Waals surface area (Å²) < 4.78 is 28.6. The number of nitrogens with zero attached hydrogens (tertiary/aromatic N) is 1. The first kappa shape index (κ1) is 22.6. The molecule has 5 nitrogen and oxygen atoms in total. The molecule has 2 aromatic carbocycles. The van der Waals surface area contributed by atoms with Crippen molar-refractivity contribution in [2.75, 3.05) is 17.4 Å². The van der Waals surface area contributed by atoms with E-state index in [2.05, 4.69) is 27.3 Å². The Kier molecular flexibility index (Phi) is 7.72. The number of carbonyl (C=O) groups is 1. The van der Waals surface area contributed by atoms with Crippen LogP contribution < -0.4 is 9.62 Å². The number of hydrogen-bond donors (Lipinski definition) is 1. The maximum absolute atomic E-state index is 13.3. The number of sulfonamides is 1. The zero-order chi connectivity index (χ0) is 21.6. The standard InChI is InChI=1S/C23H27BrN2O3S/c1-18-7-13-22(14-8-18)30(28,29)26(21-11-9-20(24)10-12-21)17-23(27)25-16-15-19-5-3-2-4-6-19/h5,7-14H,2-4,6,15-17H2,1H3,(H,25,27). The zero-order valence-electron chi connectivity index (χ0n) is 17.1. The van der Waals surface area contributed by atoms with Crippen molar-refractivity contribution in [3.8, 4) is 0 Å². The molecule has 1 aliphatic rings. The van der Waals surface area contributed by atoms with Gasteiger partial charge in [0.25, 0.3) is 10.0 Å². The Morgan fingerprint density at radius 2 is 1.77 bits per heavy atom. The van der Waals surface area contributed by atoms with Crippen molar-refractivity contribution < 1.29 is 13.2 Å². The maximum atomic E-state index is 13.3. The molecule has 0 bridgehead atoms. The highest BCUT2D eigenvalue weighted by atomic mass is 79.9. The summed E-state index contributed by atoms with van der Waals surface area (Å²) in [6.45, 7) is 2.15. The number of amides is 1.